The maximum Gasteiger partial charge on any atom is 0.266 e. The number of anilines is 1. The first-order chi connectivity index (χ1) is 11.8. The molecule has 0 aromatic heterocycles. The van der Waals surface area contributed by atoms with Crippen molar-refractivity contribution in [1.82, 2.24) is 4.72 Å². The van der Waals surface area contributed by atoms with E-state index in [1.54, 1.807) is 12.1 Å². The monoisotopic (exact) mass is 363 g/mol. The molecule has 1 aromatic rings. The Morgan fingerprint density at radius 2 is 2.04 bits per heavy atom. The van der Waals surface area contributed by atoms with Crippen LogP contribution in [0, 0.1) is 12.8 Å². The molecule has 1 fully saturated rings. The number of carbonyl (C=O) groups excluding carboxylic acids is 1. The van der Waals surface area contributed by atoms with Crippen LogP contribution in [0.4, 0.5) is 5.69 Å². The SMILES string of the molecule is Cc1ccc2c(c1)S(=O)(=O)NC(=O)[C@@]1(N)C[C@@H]1/C=C\CCCCCN2. The fourth-order valence-corrected chi connectivity index (χ4v) is 4.44. The predicted octanol–water partition coefficient (Wildman–Crippen LogP) is 2.06. The quantitative estimate of drug-likeness (QED) is 0.613. The molecular weight excluding hydrogens is 338 g/mol. The number of sulfonamides is 1. The van der Waals surface area contributed by atoms with Gasteiger partial charge in [0.25, 0.3) is 15.9 Å². The first-order valence-electron chi connectivity index (χ1n) is 8.70. The Kier molecular flexibility index (Phi) is 4.88. The molecule has 1 heterocycles. The van der Waals surface area contributed by atoms with Crippen molar-refractivity contribution in [3.05, 3.63) is 35.9 Å². The van der Waals surface area contributed by atoms with E-state index in [1.165, 1.54) is 0 Å². The number of benzene rings is 1. The lowest BCUT2D eigenvalue weighted by atomic mass is 10.1. The Balaban J connectivity index is 1.92. The summed E-state index contributed by atoms with van der Waals surface area (Å²) in [5.74, 6) is -0.729. The van der Waals surface area contributed by atoms with Gasteiger partial charge in [-0.3, -0.25) is 4.79 Å². The van der Waals surface area contributed by atoms with E-state index in [9.17, 15) is 13.2 Å². The van der Waals surface area contributed by atoms with Gasteiger partial charge >= 0.3 is 0 Å². The molecule has 3 rings (SSSR count). The van der Waals surface area contributed by atoms with Crippen LogP contribution in [0.2, 0.25) is 0 Å². The van der Waals surface area contributed by atoms with Crippen LogP contribution in [0.1, 0.15) is 37.7 Å². The molecule has 6 nitrogen and oxygen atoms in total. The summed E-state index contributed by atoms with van der Waals surface area (Å²) in [4.78, 5) is 12.5. The second-order valence-corrected chi connectivity index (χ2v) is 8.64. The summed E-state index contributed by atoms with van der Waals surface area (Å²) in [5, 5.41) is 3.18. The van der Waals surface area contributed by atoms with Crippen LogP contribution >= 0.6 is 0 Å². The smallest absolute Gasteiger partial charge is 0.266 e. The number of fused-ring (bicyclic) bond motifs is 2. The van der Waals surface area contributed by atoms with E-state index < -0.39 is 21.5 Å². The average molecular weight is 363 g/mol. The van der Waals surface area contributed by atoms with Crippen molar-refractivity contribution in [1.29, 1.82) is 0 Å². The van der Waals surface area contributed by atoms with E-state index in [1.807, 2.05) is 25.1 Å². The van der Waals surface area contributed by atoms with E-state index in [4.69, 9.17) is 5.73 Å². The van der Waals surface area contributed by atoms with Gasteiger partial charge in [-0.25, -0.2) is 13.1 Å². The third-order valence-corrected chi connectivity index (χ3v) is 6.24. The zero-order valence-electron chi connectivity index (χ0n) is 14.4. The second kappa shape index (κ2) is 6.80. The topological polar surface area (TPSA) is 101 Å². The molecule has 1 saturated carbocycles. The highest BCUT2D eigenvalue weighted by atomic mass is 32.2. The summed E-state index contributed by atoms with van der Waals surface area (Å²) in [5.41, 5.74) is 6.30. The second-order valence-electron chi connectivity index (χ2n) is 6.99. The van der Waals surface area contributed by atoms with Crippen molar-refractivity contribution in [3.8, 4) is 0 Å². The van der Waals surface area contributed by atoms with Crippen LogP contribution in [0.25, 0.3) is 0 Å². The summed E-state index contributed by atoms with van der Waals surface area (Å²) in [6.45, 7) is 2.51. The minimum Gasteiger partial charge on any atom is -0.384 e. The third kappa shape index (κ3) is 3.88. The van der Waals surface area contributed by atoms with Gasteiger partial charge in [-0.15, -0.1) is 0 Å². The first kappa shape index (κ1) is 17.9. The summed E-state index contributed by atoms with van der Waals surface area (Å²) >= 11 is 0. The largest absolute Gasteiger partial charge is 0.384 e. The summed E-state index contributed by atoms with van der Waals surface area (Å²) in [6.07, 6.45) is 8.49. The van der Waals surface area contributed by atoms with Crippen LogP contribution in [0.3, 0.4) is 0 Å². The molecule has 0 unspecified atom stereocenters. The van der Waals surface area contributed by atoms with Gasteiger partial charge in [-0.05, 0) is 50.3 Å². The van der Waals surface area contributed by atoms with Crippen molar-refractivity contribution >= 4 is 21.6 Å². The zero-order valence-corrected chi connectivity index (χ0v) is 15.2. The molecule has 0 spiro atoms. The first-order valence-corrected chi connectivity index (χ1v) is 10.2. The summed E-state index contributed by atoms with van der Waals surface area (Å²) in [7, 11) is -3.98. The lowest BCUT2D eigenvalue weighted by Gasteiger charge is -2.16. The van der Waals surface area contributed by atoms with Gasteiger partial charge in [0.1, 0.15) is 10.4 Å². The Morgan fingerprint density at radius 3 is 2.84 bits per heavy atom. The highest BCUT2D eigenvalue weighted by molar-refractivity contribution is 7.90. The molecule has 0 bridgehead atoms. The molecule has 2 atom stereocenters. The van der Waals surface area contributed by atoms with Gasteiger partial charge in [0.15, 0.2) is 0 Å². The van der Waals surface area contributed by atoms with Crippen LogP contribution in [-0.2, 0) is 14.8 Å². The Hall–Kier alpha value is -1.86. The Morgan fingerprint density at radius 1 is 1.24 bits per heavy atom. The van der Waals surface area contributed by atoms with Gasteiger partial charge < -0.3 is 11.1 Å². The van der Waals surface area contributed by atoms with Crippen LogP contribution in [0.15, 0.2) is 35.2 Å². The number of amides is 1. The number of hydrogen-bond acceptors (Lipinski definition) is 5. The number of rotatable bonds is 0. The molecule has 1 aromatic carbocycles. The molecule has 25 heavy (non-hydrogen) atoms. The highest BCUT2D eigenvalue weighted by Gasteiger charge is 2.56. The molecule has 2 aliphatic rings. The standard InChI is InChI=1S/C18H25N3O3S/c1-13-8-9-15-16(11-13)25(23,24)21-17(22)18(19)12-14(18)7-5-3-2-4-6-10-20-15/h5,7-9,11,14,20H,2-4,6,10,12,19H2,1H3,(H,21,22)/b7-5-/t14-,18+/m0/s1. The summed E-state index contributed by atoms with van der Waals surface area (Å²) < 4.78 is 27.7. The van der Waals surface area contributed by atoms with E-state index in [0.29, 0.717) is 18.7 Å². The number of aryl methyl sites for hydroxylation is 1. The molecule has 1 amide bonds. The van der Waals surface area contributed by atoms with Gasteiger partial charge in [0.2, 0.25) is 0 Å². The molecule has 4 N–H and O–H groups in total. The van der Waals surface area contributed by atoms with Gasteiger partial charge in [0, 0.05) is 12.5 Å². The van der Waals surface area contributed by atoms with Crippen molar-refractivity contribution in [2.24, 2.45) is 11.7 Å². The fourth-order valence-electron chi connectivity index (χ4n) is 3.12. The lowest BCUT2D eigenvalue weighted by Crippen LogP contribution is -2.46. The molecular formula is C18H25N3O3S. The van der Waals surface area contributed by atoms with Crippen LogP contribution < -0.4 is 15.8 Å². The normalized spacial score (nSPS) is 30.5. The van der Waals surface area contributed by atoms with Crippen molar-refractivity contribution in [3.63, 3.8) is 0 Å². The number of nitrogens with one attached hydrogen (secondary N) is 2. The minimum atomic E-state index is -3.98. The average Bonchev–Trinajstić information content (AvgIpc) is 3.22. The Labute approximate surface area is 148 Å². The van der Waals surface area contributed by atoms with E-state index in [0.717, 1.165) is 31.2 Å². The summed E-state index contributed by atoms with van der Waals surface area (Å²) in [6, 6.07) is 5.16. The molecule has 0 radical (unpaired) electrons. The van der Waals surface area contributed by atoms with Crippen molar-refractivity contribution < 1.29 is 13.2 Å². The van der Waals surface area contributed by atoms with Crippen LogP contribution in [0.5, 0.6) is 0 Å². The van der Waals surface area contributed by atoms with Crippen molar-refractivity contribution in [2.75, 3.05) is 11.9 Å². The van der Waals surface area contributed by atoms with E-state index in [2.05, 4.69) is 10.0 Å². The third-order valence-electron chi connectivity index (χ3n) is 4.87. The van der Waals surface area contributed by atoms with Crippen LogP contribution in [-0.4, -0.2) is 26.4 Å². The van der Waals surface area contributed by atoms with E-state index in [-0.39, 0.29) is 10.8 Å². The highest BCUT2D eigenvalue weighted by Crippen LogP contribution is 2.42. The minimum absolute atomic E-state index is 0.0899. The van der Waals surface area contributed by atoms with Crippen molar-refractivity contribution in [2.45, 2.75) is 49.5 Å². The number of allylic oxidation sites excluding steroid dienone is 1. The number of nitrogens with two attached hydrogens (primary N) is 1. The molecule has 1 aliphatic heterocycles. The lowest BCUT2D eigenvalue weighted by molar-refractivity contribution is -0.121. The number of carbonyl (C=O) groups is 1. The number of hydrogen-bond donors (Lipinski definition) is 3. The molecule has 7 heteroatoms. The fraction of sp³-hybridized carbons (Fsp3) is 0.500. The van der Waals surface area contributed by atoms with Gasteiger partial charge in [-0.1, -0.05) is 24.6 Å². The zero-order chi connectivity index (χ0) is 18.1. The molecule has 136 valence electrons. The molecule has 1 aliphatic carbocycles. The maximum absolute atomic E-state index is 12.8. The maximum atomic E-state index is 12.8. The predicted molar refractivity (Wildman–Crippen MR) is 97.6 cm³/mol. The van der Waals surface area contributed by atoms with Gasteiger partial charge in [0.05, 0.1) is 5.69 Å². The van der Waals surface area contributed by atoms with E-state index >= 15 is 0 Å². The molecule has 0 saturated heterocycles. The Bertz CT molecular complexity index is 804. The van der Waals surface area contributed by atoms with Gasteiger partial charge in [-0.2, -0.15) is 0 Å².